The number of para-hydroxylation sites is 1. The molecule has 0 saturated heterocycles. The molecule has 3 amide bonds. The Kier molecular flexibility index (Phi) is 5.85. The van der Waals surface area contributed by atoms with Crippen LogP contribution in [-0.2, 0) is 0 Å². The van der Waals surface area contributed by atoms with Gasteiger partial charge in [-0.3, -0.25) is 14.4 Å². The predicted octanol–water partition coefficient (Wildman–Crippen LogP) is 5.81. The maximum atomic E-state index is 13.1. The summed E-state index contributed by atoms with van der Waals surface area (Å²) in [4.78, 5) is 40.3. The van der Waals surface area contributed by atoms with Crippen LogP contribution in [0.5, 0.6) is 5.75 Å². The molecule has 0 spiro atoms. The van der Waals surface area contributed by atoms with Gasteiger partial charge < -0.3 is 10.1 Å². The van der Waals surface area contributed by atoms with Gasteiger partial charge in [0.2, 0.25) is 0 Å². The first kappa shape index (κ1) is 22.1. The van der Waals surface area contributed by atoms with Crippen LogP contribution in [0.3, 0.4) is 0 Å². The molecule has 1 N–H and O–H groups in total. The summed E-state index contributed by atoms with van der Waals surface area (Å²) in [5.41, 5.74) is 3.73. The van der Waals surface area contributed by atoms with Gasteiger partial charge in [0.15, 0.2) is 0 Å². The number of benzene rings is 4. The Hall–Kier alpha value is -4.71. The molecule has 5 rings (SSSR count). The van der Waals surface area contributed by atoms with E-state index >= 15 is 0 Å². The van der Waals surface area contributed by atoms with Crippen LogP contribution in [0.15, 0.2) is 97.1 Å². The van der Waals surface area contributed by atoms with Crippen molar-refractivity contribution in [3.8, 4) is 16.9 Å². The fourth-order valence-corrected chi connectivity index (χ4v) is 4.13. The number of hydrogen-bond donors (Lipinski definition) is 1. The van der Waals surface area contributed by atoms with E-state index in [0.717, 1.165) is 16.0 Å². The molecule has 0 aliphatic carbocycles. The molecule has 172 valence electrons. The van der Waals surface area contributed by atoms with Gasteiger partial charge in [0.1, 0.15) is 5.75 Å². The summed E-state index contributed by atoms with van der Waals surface area (Å²) in [7, 11) is 0. The predicted molar refractivity (Wildman–Crippen MR) is 135 cm³/mol. The Morgan fingerprint density at radius 2 is 1.46 bits per heavy atom. The van der Waals surface area contributed by atoms with Crippen LogP contribution in [-0.4, -0.2) is 24.3 Å². The molecule has 35 heavy (non-hydrogen) atoms. The monoisotopic (exact) mass is 462 g/mol. The van der Waals surface area contributed by atoms with Crippen LogP contribution in [0.4, 0.5) is 11.4 Å². The molecule has 0 saturated carbocycles. The molecule has 0 radical (unpaired) electrons. The third-order valence-electron chi connectivity index (χ3n) is 5.81. The Balaban J connectivity index is 1.41. The summed E-state index contributed by atoms with van der Waals surface area (Å²) >= 11 is 0. The smallest absolute Gasteiger partial charge is 0.266 e. The van der Waals surface area contributed by atoms with Crippen LogP contribution in [0.1, 0.15) is 38.0 Å². The van der Waals surface area contributed by atoms with Crippen molar-refractivity contribution in [3.05, 3.63) is 114 Å². The van der Waals surface area contributed by atoms with Crippen molar-refractivity contribution >= 4 is 29.1 Å². The van der Waals surface area contributed by atoms with Gasteiger partial charge in [-0.25, -0.2) is 4.90 Å². The molecule has 4 aromatic carbocycles. The molecule has 1 heterocycles. The standard InChI is InChI=1S/C29H22N2O4/c1-2-35-22-15-13-21(14-16-22)31-28(33)24-17-12-20(18-25(24)29(31)34)27(32)30-26-11-7-6-10-23(26)19-8-4-3-5-9-19/h3-18H,2H2,1H3,(H,30,32). The second kappa shape index (κ2) is 9.27. The van der Waals surface area contributed by atoms with Crippen molar-refractivity contribution in [1.82, 2.24) is 0 Å². The Morgan fingerprint density at radius 3 is 2.20 bits per heavy atom. The zero-order valence-corrected chi connectivity index (χ0v) is 19.0. The number of rotatable bonds is 6. The van der Waals surface area contributed by atoms with Crippen LogP contribution in [0, 0.1) is 0 Å². The highest BCUT2D eigenvalue weighted by atomic mass is 16.5. The maximum Gasteiger partial charge on any atom is 0.266 e. The number of nitrogens with zero attached hydrogens (tertiary/aromatic N) is 1. The van der Waals surface area contributed by atoms with E-state index in [9.17, 15) is 14.4 Å². The average molecular weight is 463 g/mol. The van der Waals surface area contributed by atoms with E-state index in [2.05, 4.69) is 5.32 Å². The summed E-state index contributed by atoms with van der Waals surface area (Å²) in [5.74, 6) is -0.595. The number of carbonyl (C=O) groups is 3. The Bertz CT molecular complexity index is 1430. The van der Waals surface area contributed by atoms with E-state index < -0.39 is 11.8 Å². The number of nitrogens with one attached hydrogen (secondary N) is 1. The summed E-state index contributed by atoms with van der Waals surface area (Å²) < 4.78 is 5.43. The second-order valence-electron chi connectivity index (χ2n) is 8.00. The lowest BCUT2D eigenvalue weighted by Crippen LogP contribution is -2.29. The molecule has 0 atom stereocenters. The van der Waals surface area contributed by atoms with Gasteiger partial charge in [-0.05, 0) is 61.0 Å². The highest BCUT2D eigenvalue weighted by molar-refractivity contribution is 6.34. The molecule has 0 aromatic heterocycles. The fraction of sp³-hybridized carbons (Fsp3) is 0.0690. The number of ether oxygens (including phenoxy) is 1. The number of fused-ring (bicyclic) bond motifs is 1. The zero-order valence-electron chi connectivity index (χ0n) is 19.0. The minimum Gasteiger partial charge on any atom is -0.494 e. The number of hydrogen-bond acceptors (Lipinski definition) is 4. The van der Waals surface area contributed by atoms with Crippen molar-refractivity contribution in [2.75, 3.05) is 16.8 Å². The van der Waals surface area contributed by atoms with Gasteiger partial charge in [0.05, 0.1) is 23.4 Å². The summed E-state index contributed by atoms with van der Waals surface area (Å²) in [5, 5.41) is 2.94. The lowest BCUT2D eigenvalue weighted by molar-refractivity contribution is 0.0925. The van der Waals surface area contributed by atoms with Gasteiger partial charge in [-0.1, -0.05) is 48.5 Å². The molecule has 0 fully saturated rings. The summed E-state index contributed by atoms with van der Waals surface area (Å²) in [6.45, 7) is 2.40. The van der Waals surface area contributed by atoms with Gasteiger partial charge >= 0.3 is 0 Å². The number of anilines is 2. The molecular formula is C29H22N2O4. The van der Waals surface area contributed by atoms with Crippen LogP contribution >= 0.6 is 0 Å². The molecular weight excluding hydrogens is 440 g/mol. The van der Waals surface area contributed by atoms with Crippen LogP contribution < -0.4 is 15.0 Å². The average Bonchev–Trinajstić information content (AvgIpc) is 3.15. The van der Waals surface area contributed by atoms with E-state index in [1.165, 1.54) is 12.1 Å². The quantitative estimate of drug-likeness (QED) is 0.367. The third kappa shape index (κ3) is 4.17. The Labute approximate surface area is 202 Å². The van der Waals surface area contributed by atoms with Gasteiger partial charge in [0, 0.05) is 16.8 Å². The lowest BCUT2D eigenvalue weighted by Gasteiger charge is -2.14. The molecule has 4 aromatic rings. The first-order valence-corrected chi connectivity index (χ1v) is 11.3. The van der Waals surface area contributed by atoms with Gasteiger partial charge in [-0.15, -0.1) is 0 Å². The minimum absolute atomic E-state index is 0.202. The molecule has 1 aliphatic rings. The maximum absolute atomic E-state index is 13.1. The number of carbonyl (C=O) groups excluding carboxylic acids is 3. The van der Waals surface area contributed by atoms with E-state index in [1.807, 2.05) is 61.5 Å². The highest BCUT2D eigenvalue weighted by Gasteiger charge is 2.37. The van der Waals surface area contributed by atoms with Gasteiger partial charge in [0.25, 0.3) is 17.7 Å². The van der Waals surface area contributed by atoms with Crippen molar-refractivity contribution in [3.63, 3.8) is 0 Å². The normalized spacial score (nSPS) is 12.4. The minimum atomic E-state index is -0.464. The Morgan fingerprint density at radius 1 is 0.771 bits per heavy atom. The fourth-order valence-electron chi connectivity index (χ4n) is 4.13. The van der Waals surface area contributed by atoms with E-state index in [0.29, 0.717) is 29.3 Å². The number of amides is 3. The van der Waals surface area contributed by atoms with Crippen molar-refractivity contribution in [2.24, 2.45) is 0 Å². The highest BCUT2D eigenvalue weighted by Crippen LogP contribution is 2.31. The van der Waals surface area contributed by atoms with E-state index in [4.69, 9.17) is 4.74 Å². The third-order valence-corrected chi connectivity index (χ3v) is 5.81. The summed E-state index contributed by atoms with van der Waals surface area (Å²) in [6, 6.07) is 28.6. The lowest BCUT2D eigenvalue weighted by atomic mass is 10.0. The van der Waals surface area contributed by atoms with Gasteiger partial charge in [-0.2, -0.15) is 0 Å². The molecule has 6 heteroatoms. The largest absolute Gasteiger partial charge is 0.494 e. The SMILES string of the molecule is CCOc1ccc(N2C(=O)c3ccc(C(=O)Nc4ccccc4-c4ccccc4)cc3C2=O)cc1. The van der Waals surface area contributed by atoms with Crippen molar-refractivity contribution in [2.45, 2.75) is 6.92 Å². The number of imide groups is 1. The molecule has 1 aliphatic heterocycles. The molecule has 0 bridgehead atoms. The topological polar surface area (TPSA) is 75.7 Å². The van der Waals surface area contributed by atoms with Crippen LogP contribution in [0.2, 0.25) is 0 Å². The first-order chi connectivity index (χ1) is 17.1. The molecule has 6 nitrogen and oxygen atoms in total. The second-order valence-corrected chi connectivity index (χ2v) is 8.00. The van der Waals surface area contributed by atoms with Crippen molar-refractivity contribution < 1.29 is 19.1 Å². The van der Waals surface area contributed by atoms with E-state index in [-0.39, 0.29) is 17.0 Å². The van der Waals surface area contributed by atoms with Crippen LogP contribution in [0.25, 0.3) is 11.1 Å². The van der Waals surface area contributed by atoms with E-state index in [1.54, 1.807) is 30.3 Å². The summed E-state index contributed by atoms with van der Waals surface area (Å²) in [6.07, 6.45) is 0. The first-order valence-electron chi connectivity index (χ1n) is 11.3. The van der Waals surface area contributed by atoms with Crippen molar-refractivity contribution in [1.29, 1.82) is 0 Å². The zero-order chi connectivity index (χ0) is 24.4. The molecule has 0 unspecified atom stereocenters.